The van der Waals surface area contributed by atoms with Crippen molar-refractivity contribution in [2.45, 2.75) is 0 Å². The van der Waals surface area contributed by atoms with E-state index in [4.69, 9.17) is 9.52 Å². The van der Waals surface area contributed by atoms with Crippen LogP contribution in [0.25, 0.3) is 22.6 Å². The third-order valence-electron chi connectivity index (χ3n) is 2.72. The summed E-state index contributed by atoms with van der Waals surface area (Å²) < 4.78 is 6.50. The smallest absolute Gasteiger partial charge is 0.339 e. The molecule has 0 aliphatic carbocycles. The number of benzene rings is 2. The fourth-order valence-electron chi connectivity index (χ4n) is 1.86. The van der Waals surface area contributed by atoms with Gasteiger partial charge in [0.05, 0.1) is 0 Å². The summed E-state index contributed by atoms with van der Waals surface area (Å²) in [6.07, 6.45) is 0. The van der Waals surface area contributed by atoms with Crippen LogP contribution in [0.3, 0.4) is 0 Å². The zero-order chi connectivity index (χ0) is 13.4. The fraction of sp³-hybridized carbons (Fsp3) is 0. The Morgan fingerprint density at radius 2 is 2.00 bits per heavy atom. The van der Waals surface area contributed by atoms with Gasteiger partial charge in [-0.05, 0) is 30.3 Å². The van der Waals surface area contributed by atoms with E-state index in [1.165, 1.54) is 6.07 Å². The Kier molecular flexibility index (Phi) is 2.83. The number of rotatable bonds is 2. The van der Waals surface area contributed by atoms with Gasteiger partial charge in [0.15, 0.2) is 5.58 Å². The molecule has 0 saturated carbocycles. The summed E-state index contributed by atoms with van der Waals surface area (Å²) in [6, 6.07) is 12.4. The number of aromatic carboxylic acids is 1. The fourth-order valence-corrected chi connectivity index (χ4v) is 2.26. The molecule has 94 valence electrons. The molecule has 4 nitrogen and oxygen atoms in total. The van der Waals surface area contributed by atoms with Crippen LogP contribution < -0.4 is 0 Å². The van der Waals surface area contributed by atoms with Crippen molar-refractivity contribution >= 4 is 33.0 Å². The molecule has 0 aliphatic heterocycles. The van der Waals surface area contributed by atoms with Crippen LogP contribution in [0.4, 0.5) is 0 Å². The predicted octanol–water partition coefficient (Wildman–Crippen LogP) is 3.96. The molecule has 0 saturated heterocycles. The first-order chi connectivity index (χ1) is 9.15. The molecular weight excluding hydrogens is 310 g/mol. The van der Waals surface area contributed by atoms with Crippen LogP contribution in [0.15, 0.2) is 51.4 Å². The summed E-state index contributed by atoms with van der Waals surface area (Å²) in [7, 11) is 0. The second-order valence-electron chi connectivity index (χ2n) is 3.99. The van der Waals surface area contributed by atoms with E-state index < -0.39 is 5.97 Å². The molecular formula is C14H8BrNO3. The van der Waals surface area contributed by atoms with Gasteiger partial charge in [0, 0.05) is 10.0 Å². The van der Waals surface area contributed by atoms with E-state index in [1.807, 2.05) is 24.3 Å². The maximum atomic E-state index is 11.1. The lowest BCUT2D eigenvalue weighted by Crippen LogP contribution is -1.95. The molecule has 0 bridgehead atoms. The van der Waals surface area contributed by atoms with Crippen LogP contribution in [-0.4, -0.2) is 16.1 Å². The predicted molar refractivity (Wildman–Crippen MR) is 74.1 cm³/mol. The van der Waals surface area contributed by atoms with E-state index in [-0.39, 0.29) is 5.56 Å². The average Bonchev–Trinajstić information content (AvgIpc) is 2.82. The summed E-state index contributed by atoms with van der Waals surface area (Å²) in [4.78, 5) is 15.4. The van der Waals surface area contributed by atoms with E-state index in [0.717, 1.165) is 10.0 Å². The second-order valence-corrected chi connectivity index (χ2v) is 4.90. The number of hydrogen-bond donors (Lipinski definition) is 1. The van der Waals surface area contributed by atoms with Gasteiger partial charge in [-0.1, -0.05) is 28.1 Å². The highest BCUT2D eigenvalue weighted by molar-refractivity contribution is 9.10. The summed E-state index contributed by atoms with van der Waals surface area (Å²) in [5, 5.41) is 9.11. The van der Waals surface area contributed by atoms with Gasteiger partial charge >= 0.3 is 5.97 Å². The van der Waals surface area contributed by atoms with Crippen molar-refractivity contribution in [1.29, 1.82) is 0 Å². The van der Waals surface area contributed by atoms with Gasteiger partial charge in [0.25, 0.3) is 0 Å². The van der Waals surface area contributed by atoms with Gasteiger partial charge in [-0.25, -0.2) is 9.78 Å². The SMILES string of the molecule is O=C(O)c1cccc2nc(-c3cccc(Br)c3)oc12. The van der Waals surface area contributed by atoms with E-state index >= 15 is 0 Å². The van der Waals surface area contributed by atoms with Crippen molar-refractivity contribution in [2.24, 2.45) is 0 Å². The molecule has 0 atom stereocenters. The summed E-state index contributed by atoms with van der Waals surface area (Å²) in [5.74, 6) is -0.618. The maximum Gasteiger partial charge on any atom is 0.339 e. The monoisotopic (exact) mass is 317 g/mol. The normalized spacial score (nSPS) is 10.8. The first-order valence-corrected chi connectivity index (χ1v) is 6.33. The Balaban J connectivity index is 2.22. The molecule has 0 unspecified atom stereocenters. The Hall–Kier alpha value is -2.14. The lowest BCUT2D eigenvalue weighted by atomic mass is 10.2. The van der Waals surface area contributed by atoms with Crippen LogP contribution in [0, 0.1) is 0 Å². The molecule has 3 rings (SSSR count). The number of fused-ring (bicyclic) bond motifs is 1. The third kappa shape index (κ3) is 2.13. The molecule has 19 heavy (non-hydrogen) atoms. The van der Waals surface area contributed by atoms with Gasteiger partial charge in [0.2, 0.25) is 5.89 Å². The minimum atomic E-state index is -1.03. The Morgan fingerprint density at radius 1 is 1.21 bits per heavy atom. The first kappa shape index (κ1) is 11.9. The Bertz CT molecular complexity index is 779. The number of carboxylic acids is 1. The van der Waals surface area contributed by atoms with Gasteiger partial charge in [0.1, 0.15) is 11.1 Å². The molecule has 0 fully saturated rings. The number of aromatic nitrogens is 1. The minimum absolute atomic E-state index is 0.117. The Labute approximate surface area is 116 Å². The zero-order valence-corrected chi connectivity index (χ0v) is 11.2. The van der Waals surface area contributed by atoms with Gasteiger partial charge < -0.3 is 9.52 Å². The van der Waals surface area contributed by atoms with Crippen molar-refractivity contribution in [2.75, 3.05) is 0 Å². The van der Waals surface area contributed by atoms with Gasteiger partial charge in [-0.15, -0.1) is 0 Å². The summed E-state index contributed by atoms with van der Waals surface area (Å²) >= 11 is 3.38. The number of hydrogen-bond acceptors (Lipinski definition) is 3. The van der Waals surface area contributed by atoms with Crippen LogP contribution >= 0.6 is 15.9 Å². The molecule has 0 spiro atoms. The van der Waals surface area contributed by atoms with Gasteiger partial charge in [-0.3, -0.25) is 0 Å². The Morgan fingerprint density at radius 3 is 2.74 bits per heavy atom. The topological polar surface area (TPSA) is 63.3 Å². The molecule has 3 aromatic rings. The summed E-state index contributed by atoms with van der Waals surface area (Å²) in [6.45, 7) is 0. The standard InChI is InChI=1S/C14H8BrNO3/c15-9-4-1-3-8(7-9)13-16-11-6-2-5-10(14(17)18)12(11)19-13/h1-7H,(H,17,18). The summed E-state index contributed by atoms with van der Waals surface area (Å²) in [5.41, 5.74) is 1.74. The minimum Gasteiger partial charge on any atom is -0.478 e. The van der Waals surface area contributed by atoms with E-state index in [2.05, 4.69) is 20.9 Å². The van der Waals surface area contributed by atoms with E-state index in [1.54, 1.807) is 12.1 Å². The largest absolute Gasteiger partial charge is 0.478 e. The number of carboxylic acid groups (broad SMARTS) is 1. The molecule has 2 aromatic carbocycles. The first-order valence-electron chi connectivity index (χ1n) is 5.54. The van der Waals surface area contributed by atoms with Crippen molar-refractivity contribution in [3.8, 4) is 11.5 Å². The van der Waals surface area contributed by atoms with Crippen molar-refractivity contribution in [3.05, 3.63) is 52.5 Å². The molecule has 0 amide bonds. The van der Waals surface area contributed by atoms with Crippen molar-refractivity contribution in [1.82, 2.24) is 4.98 Å². The maximum absolute atomic E-state index is 11.1. The molecule has 1 heterocycles. The van der Waals surface area contributed by atoms with E-state index in [0.29, 0.717) is 17.0 Å². The molecule has 5 heteroatoms. The van der Waals surface area contributed by atoms with Crippen molar-refractivity contribution < 1.29 is 14.3 Å². The molecule has 0 aliphatic rings. The highest BCUT2D eigenvalue weighted by Crippen LogP contribution is 2.28. The zero-order valence-electron chi connectivity index (χ0n) is 9.63. The van der Waals surface area contributed by atoms with Crippen LogP contribution in [-0.2, 0) is 0 Å². The van der Waals surface area contributed by atoms with Crippen LogP contribution in [0.5, 0.6) is 0 Å². The number of para-hydroxylation sites is 1. The van der Waals surface area contributed by atoms with E-state index in [9.17, 15) is 4.79 Å². The number of carbonyl (C=O) groups is 1. The highest BCUT2D eigenvalue weighted by Gasteiger charge is 2.15. The molecule has 1 N–H and O–H groups in total. The quantitative estimate of drug-likeness (QED) is 0.777. The number of oxazole rings is 1. The lowest BCUT2D eigenvalue weighted by Gasteiger charge is -1.95. The third-order valence-corrected chi connectivity index (χ3v) is 3.21. The van der Waals surface area contributed by atoms with Crippen LogP contribution in [0.1, 0.15) is 10.4 Å². The molecule has 0 radical (unpaired) electrons. The number of nitrogens with zero attached hydrogens (tertiary/aromatic N) is 1. The lowest BCUT2D eigenvalue weighted by molar-refractivity contribution is 0.0698. The van der Waals surface area contributed by atoms with Gasteiger partial charge in [-0.2, -0.15) is 0 Å². The van der Waals surface area contributed by atoms with Crippen LogP contribution in [0.2, 0.25) is 0 Å². The highest BCUT2D eigenvalue weighted by atomic mass is 79.9. The van der Waals surface area contributed by atoms with Crippen molar-refractivity contribution in [3.63, 3.8) is 0 Å². The second kappa shape index (κ2) is 4.51. The average molecular weight is 318 g/mol. The number of halogens is 1. The molecule has 1 aromatic heterocycles.